The summed E-state index contributed by atoms with van der Waals surface area (Å²) in [5, 5.41) is 22.1. The lowest BCUT2D eigenvalue weighted by Crippen LogP contribution is -2.53. The molecule has 0 heterocycles. The summed E-state index contributed by atoms with van der Waals surface area (Å²) < 4.78 is 25.2. The average molecular weight is 909 g/mol. The van der Waals surface area contributed by atoms with Gasteiger partial charge in [-0.05, 0) is 26.2 Å². The normalized spacial score (nSPS) is 14.0. The largest absolute Gasteiger partial charge is 0.480 e. The predicted molar refractivity (Wildman–Crippen MR) is 244 cm³/mol. The highest BCUT2D eigenvalue weighted by molar-refractivity contribution is 7.32. The summed E-state index contributed by atoms with van der Waals surface area (Å²) in [6.07, 6.45) is 26.4. The fourth-order valence-corrected chi connectivity index (χ4v) is 7.24. The van der Waals surface area contributed by atoms with E-state index in [1.165, 1.54) is 110 Å². The van der Waals surface area contributed by atoms with Gasteiger partial charge in [-0.25, -0.2) is 0 Å². The first-order valence-corrected chi connectivity index (χ1v) is 25.1. The quantitative estimate of drug-likeness (QED) is 0.0177. The van der Waals surface area contributed by atoms with E-state index in [-0.39, 0.29) is 26.0 Å². The Morgan fingerprint density at radius 2 is 1.02 bits per heavy atom. The van der Waals surface area contributed by atoms with Crippen molar-refractivity contribution in [1.29, 1.82) is 0 Å². The standard InChI is InChI=1S/C43H81N3O9.C2H8NO3P/c1-4-6-8-10-12-14-16-18-20-22-24-26-28-30-38(48)54-37(33-47)40(35(32-36(44)41(45)50)42(51)46-34(3)43(52)53)55-39(49)31-29-27-25-23-21-19-17-15-13-11-9-7-5-2;3-1-2-6-7(4)5/h34-37,40,47H,4-33,44H2,1-3H3,(H2,45,50)(H,46,51)(H,52,53);7H,1-3H2,(H,4,5)/t34-,35?,36-,37-,40?;/m0./s1. The molecule has 16 nitrogen and oxygen atoms in total. The average Bonchev–Trinajstić information content (AvgIpc) is 3.23. The van der Waals surface area contributed by atoms with Crippen LogP contribution in [0.5, 0.6) is 0 Å². The van der Waals surface area contributed by atoms with Crippen LogP contribution in [0.3, 0.4) is 0 Å². The van der Waals surface area contributed by atoms with E-state index in [0.29, 0.717) is 12.8 Å². The van der Waals surface area contributed by atoms with Gasteiger partial charge in [-0.3, -0.25) is 28.5 Å². The van der Waals surface area contributed by atoms with Gasteiger partial charge in [-0.2, -0.15) is 0 Å². The van der Waals surface area contributed by atoms with E-state index in [2.05, 4.69) is 23.7 Å². The zero-order chi connectivity index (χ0) is 46.8. The third-order valence-corrected chi connectivity index (χ3v) is 11.2. The number of hydrogen-bond acceptors (Lipinski definition) is 12. The van der Waals surface area contributed by atoms with E-state index in [1.807, 2.05) is 0 Å². The van der Waals surface area contributed by atoms with Gasteiger partial charge >= 0.3 is 26.2 Å². The molecule has 0 saturated carbocycles. The number of nitrogens with two attached hydrogens (primary N) is 3. The Hall–Kier alpha value is -2.62. The van der Waals surface area contributed by atoms with Crippen LogP contribution in [-0.2, 0) is 42.5 Å². The first-order valence-electron chi connectivity index (χ1n) is 23.9. The SMILES string of the molecule is CCCCCCCCCCCCCCCC(=O)OC(C(C[C@H](N)C(N)=O)C(=O)N[C@@H](C)C(=O)O)[C@H](CO)OC(=O)CCCCCCCCCCCCCCC.NCCO[PH](=O)O. The molecule has 3 unspecified atom stereocenters. The fourth-order valence-electron chi connectivity index (χ4n) is 6.95. The second kappa shape index (κ2) is 43.6. The molecule has 0 rings (SSSR count). The molecule has 0 fully saturated rings. The summed E-state index contributed by atoms with van der Waals surface area (Å²) in [4.78, 5) is 71.0. The van der Waals surface area contributed by atoms with Crippen molar-refractivity contribution >= 4 is 38.0 Å². The number of amides is 2. The molecule has 0 bridgehead atoms. The third kappa shape index (κ3) is 37.9. The van der Waals surface area contributed by atoms with Crippen LogP contribution in [0.15, 0.2) is 0 Å². The van der Waals surface area contributed by atoms with E-state index in [9.17, 15) is 38.8 Å². The number of carbonyl (C=O) groups is 5. The van der Waals surface area contributed by atoms with Gasteiger partial charge in [-0.15, -0.1) is 0 Å². The second-order valence-corrected chi connectivity index (χ2v) is 17.3. The maximum Gasteiger partial charge on any atom is 0.325 e. The molecule has 2 amide bonds. The molecule has 0 aromatic rings. The lowest BCUT2D eigenvalue weighted by molar-refractivity contribution is -0.178. The number of aliphatic carboxylic acids is 1. The Kier molecular flexibility index (Phi) is 43.2. The van der Waals surface area contributed by atoms with E-state index in [1.54, 1.807) is 0 Å². The summed E-state index contributed by atoms with van der Waals surface area (Å²) >= 11 is 0. The molecular weight excluding hydrogens is 819 g/mol. The highest BCUT2D eigenvalue weighted by Gasteiger charge is 2.41. The maximum absolute atomic E-state index is 13.4. The summed E-state index contributed by atoms with van der Waals surface area (Å²) in [6, 6.07) is -2.69. The van der Waals surface area contributed by atoms with Crippen molar-refractivity contribution in [2.24, 2.45) is 23.1 Å². The highest BCUT2D eigenvalue weighted by Crippen LogP contribution is 2.24. The second-order valence-electron chi connectivity index (χ2n) is 16.5. The highest BCUT2D eigenvalue weighted by atomic mass is 31.1. The van der Waals surface area contributed by atoms with E-state index < -0.39 is 81.2 Å². The smallest absolute Gasteiger partial charge is 0.325 e. The number of primary amides is 1. The van der Waals surface area contributed by atoms with Crippen LogP contribution in [0.1, 0.15) is 207 Å². The first-order chi connectivity index (χ1) is 29.7. The predicted octanol–water partition coefficient (Wildman–Crippen LogP) is 7.52. The van der Waals surface area contributed by atoms with Gasteiger partial charge in [-0.1, -0.05) is 168 Å². The molecule has 10 N–H and O–H groups in total. The molecule has 0 spiro atoms. The molecule has 0 saturated heterocycles. The van der Waals surface area contributed by atoms with Crippen molar-refractivity contribution in [2.75, 3.05) is 19.8 Å². The molecule has 17 heteroatoms. The number of carboxylic acids is 1. The van der Waals surface area contributed by atoms with Crippen molar-refractivity contribution in [3.05, 3.63) is 0 Å². The summed E-state index contributed by atoms with van der Waals surface area (Å²) in [7, 11) is -2.73. The molecule has 0 aliphatic rings. The lowest BCUT2D eigenvalue weighted by atomic mass is 9.89. The van der Waals surface area contributed by atoms with E-state index in [4.69, 9.17) is 31.6 Å². The van der Waals surface area contributed by atoms with Crippen molar-refractivity contribution in [3.63, 3.8) is 0 Å². The lowest BCUT2D eigenvalue weighted by Gasteiger charge is -2.32. The molecule has 0 radical (unpaired) electrons. The van der Waals surface area contributed by atoms with Gasteiger partial charge in [0.2, 0.25) is 11.8 Å². The summed E-state index contributed by atoms with van der Waals surface area (Å²) in [6.45, 7) is 5.36. The van der Waals surface area contributed by atoms with Gasteiger partial charge in [0, 0.05) is 19.4 Å². The number of rotatable bonds is 42. The summed E-state index contributed by atoms with van der Waals surface area (Å²) in [5.74, 6) is -5.88. The molecule has 0 aliphatic heterocycles. The van der Waals surface area contributed by atoms with E-state index in [0.717, 1.165) is 51.4 Å². The fraction of sp³-hybridized carbons (Fsp3) is 0.889. The van der Waals surface area contributed by atoms with Crippen LogP contribution < -0.4 is 22.5 Å². The Balaban J connectivity index is 0. The number of unbranched alkanes of at least 4 members (excludes halogenated alkanes) is 24. The molecule has 6 atom stereocenters. The van der Waals surface area contributed by atoms with Crippen LogP contribution in [0.25, 0.3) is 0 Å². The van der Waals surface area contributed by atoms with Crippen LogP contribution in [0, 0.1) is 5.92 Å². The first kappa shape index (κ1) is 61.5. The number of carboxylic acid groups (broad SMARTS) is 1. The van der Waals surface area contributed by atoms with Gasteiger partial charge in [0.15, 0.2) is 12.2 Å². The zero-order valence-electron chi connectivity index (χ0n) is 38.8. The van der Waals surface area contributed by atoms with Gasteiger partial charge in [0.1, 0.15) is 6.04 Å². The third-order valence-electron chi connectivity index (χ3n) is 10.7. The molecule has 62 heavy (non-hydrogen) atoms. The van der Waals surface area contributed by atoms with Crippen LogP contribution in [0.4, 0.5) is 0 Å². The van der Waals surface area contributed by atoms with Crippen LogP contribution >= 0.6 is 8.25 Å². The number of carbonyl (C=O) groups excluding carboxylic acids is 4. The van der Waals surface area contributed by atoms with Crippen molar-refractivity contribution in [3.8, 4) is 0 Å². The van der Waals surface area contributed by atoms with Gasteiger partial charge in [0.05, 0.1) is 25.2 Å². The Labute approximate surface area is 374 Å². The zero-order valence-corrected chi connectivity index (χ0v) is 39.8. The number of esters is 2. The van der Waals surface area contributed by atoms with Crippen molar-refractivity contribution in [1.82, 2.24) is 5.32 Å². The molecule has 0 aliphatic carbocycles. The number of nitrogens with one attached hydrogen (secondary N) is 1. The molecular formula is C45H89N4O12P. The van der Waals surface area contributed by atoms with Crippen molar-refractivity contribution < 1.29 is 57.6 Å². The molecule has 366 valence electrons. The Morgan fingerprint density at radius 3 is 1.32 bits per heavy atom. The number of aliphatic hydroxyl groups excluding tert-OH is 1. The Morgan fingerprint density at radius 1 is 0.645 bits per heavy atom. The minimum atomic E-state index is -2.73. The maximum atomic E-state index is 13.4. The molecule has 0 aromatic carbocycles. The van der Waals surface area contributed by atoms with E-state index >= 15 is 0 Å². The van der Waals surface area contributed by atoms with Crippen molar-refractivity contribution in [2.45, 2.75) is 231 Å². The van der Waals surface area contributed by atoms with Crippen LogP contribution in [0.2, 0.25) is 0 Å². The topological polar surface area (TPSA) is 281 Å². The minimum Gasteiger partial charge on any atom is -0.480 e. The van der Waals surface area contributed by atoms with Gasteiger partial charge < -0.3 is 51.6 Å². The minimum absolute atomic E-state index is 0.0288. The summed E-state index contributed by atoms with van der Waals surface area (Å²) in [5.41, 5.74) is 16.2. The number of ether oxygens (including phenoxy) is 2. The molecule has 0 aromatic heterocycles. The monoisotopic (exact) mass is 909 g/mol. The van der Waals surface area contributed by atoms with Crippen LogP contribution in [-0.4, -0.2) is 88.9 Å². The van der Waals surface area contributed by atoms with Gasteiger partial charge in [0.25, 0.3) is 0 Å². The Bertz CT molecular complexity index is 1170. The number of aliphatic hydroxyl groups is 1. The number of hydrogen-bond donors (Lipinski definition) is 7.